The maximum Gasteiger partial charge on any atom is 0.287 e. The predicted octanol–water partition coefficient (Wildman–Crippen LogP) is 3.82. The van der Waals surface area contributed by atoms with Crippen molar-refractivity contribution in [2.24, 2.45) is 0 Å². The molecule has 1 amide bonds. The van der Waals surface area contributed by atoms with E-state index in [1.54, 1.807) is 12.1 Å². The Hall–Kier alpha value is -2.89. The van der Waals surface area contributed by atoms with Gasteiger partial charge in [-0.2, -0.15) is 0 Å². The predicted molar refractivity (Wildman–Crippen MR) is 95.3 cm³/mol. The van der Waals surface area contributed by atoms with Crippen molar-refractivity contribution >= 4 is 22.5 Å². The second kappa shape index (κ2) is 7.34. The summed E-state index contributed by atoms with van der Waals surface area (Å²) < 4.78 is 18.7. The second-order valence-corrected chi connectivity index (χ2v) is 5.94. The molecule has 0 aliphatic heterocycles. The van der Waals surface area contributed by atoms with Crippen LogP contribution in [0.1, 0.15) is 28.2 Å². The van der Waals surface area contributed by atoms with Gasteiger partial charge in [0.2, 0.25) is 0 Å². The molecule has 0 radical (unpaired) electrons. The summed E-state index contributed by atoms with van der Waals surface area (Å²) in [6, 6.07) is 8.21. The first kappa shape index (κ1) is 17.0. The largest absolute Gasteiger partial charge is 0.459 e. The highest BCUT2D eigenvalue weighted by atomic mass is 19.1. The highest BCUT2D eigenvalue weighted by Gasteiger charge is 2.11. The molecule has 0 atom stereocenters. The van der Waals surface area contributed by atoms with Crippen molar-refractivity contribution in [1.82, 2.24) is 10.3 Å². The van der Waals surface area contributed by atoms with Crippen molar-refractivity contribution in [1.29, 1.82) is 0 Å². The van der Waals surface area contributed by atoms with Crippen LogP contribution in [0, 0.1) is 19.7 Å². The SMILES string of the molecule is Cc1cc(NCCCNC(=O)c2occc2C)c2cc(F)ccc2n1. The Morgan fingerprint density at radius 2 is 2.04 bits per heavy atom. The van der Waals surface area contributed by atoms with Gasteiger partial charge in [0.05, 0.1) is 11.8 Å². The number of rotatable bonds is 6. The van der Waals surface area contributed by atoms with Crippen molar-refractivity contribution in [3.63, 3.8) is 0 Å². The molecule has 0 aliphatic carbocycles. The summed E-state index contributed by atoms with van der Waals surface area (Å²) >= 11 is 0. The fourth-order valence-corrected chi connectivity index (χ4v) is 2.68. The highest BCUT2D eigenvalue weighted by Crippen LogP contribution is 2.24. The summed E-state index contributed by atoms with van der Waals surface area (Å²) in [5, 5.41) is 6.87. The Balaban J connectivity index is 1.56. The van der Waals surface area contributed by atoms with Crippen molar-refractivity contribution in [2.75, 3.05) is 18.4 Å². The minimum atomic E-state index is -0.290. The average Bonchev–Trinajstić information content (AvgIpc) is 3.01. The number of amides is 1. The zero-order valence-corrected chi connectivity index (χ0v) is 14.2. The van der Waals surface area contributed by atoms with Gasteiger partial charge in [-0.15, -0.1) is 0 Å². The minimum absolute atomic E-state index is 0.213. The molecule has 0 aliphatic rings. The summed E-state index contributed by atoms with van der Waals surface area (Å²) in [6.07, 6.45) is 2.23. The zero-order chi connectivity index (χ0) is 17.8. The topological polar surface area (TPSA) is 67.2 Å². The van der Waals surface area contributed by atoms with Crippen LogP contribution in [0.2, 0.25) is 0 Å². The molecule has 6 heteroatoms. The molecule has 5 nitrogen and oxygen atoms in total. The first-order chi connectivity index (χ1) is 12.0. The lowest BCUT2D eigenvalue weighted by atomic mass is 10.1. The Morgan fingerprint density at radius 1 is 1.20 bits per heavy atom. The number of anilines is 1. The smallest absolute Gasteiger partial charge is 0.287 e. The number of carbonyl (C=O) groups excluding carboxylic acids is 1. The van der Waals surface area contributed by atoms with Gasteiger partial charge in [0.25, 0.3) is 5.91 Å². The number of furan rings is 1. The van der Waals surface area contributed by atoms with Gasteiger partial charge in [0, 0.05) is 35.4 Å². The lowest BCUT2D eigenvalue weighted by Crippen LogP contribution is -2.26. The van der Waals surface area contributed by atoms with Crippen LogP contribution in [-0.4, -0.2) is 24.0 Å². The maximum absolute atomic E-state index is 13.5. The first-order valence-electron chi connectivity index (χ1n) is 8.17. The van der Waals surface area contributed by atoms with E-state index in [1.165, 1.54) is 18.4 Å². The fourth-order valence-electron chi connectivity index (χ4n) is 2.68. The van der Waals surface area contributed by atoms with Crippen LogP contribution in [-0.2, 0) is 0 Å². The van der Waals surface area contributed by atoms with Crippen molar-refractivity contribution in [3.05, 3.63) is 59.4 Å². The molecule has 3 rings (SSSR count). The van der Waals surface area contributed by atoms with E-state index in [0.29, 0.717) is 18.8 Å². The summed E-state index contributed by atoms with van der Waals surface area (Å²) in [7, 11) is 0. The maximum atomic E-state index is 13.5. The van der Waals surface area contributed by atoms with Gasteiger partial charge in [-0.25, -0.2) is 4.39 Å². The molecular formula is C19H20FN3O2. The molecule has 0 spiro atoms. The molecule has 0 saturated heterocycles. The van der Waals surface area contributed by atoms with E-state index >= 15 is 0 Å². The lowest BCUT2D eigenvalue weighted by molar-refractivity contribution is 0.0925. The molecule has 1 aromatic carbocycles. The van der Waals surface area contributed by atoms with Gasteiger partial charge in [-0.3, -0.25) is 9.78 Å². The molecule has 0 unspecified atom stereocenters. The Labute approximate surface area is 145 Å². The summed E-state index contributed by atoms with van der Waals surface area (Å²) in [6.45, 7) is 4.89. The highest BCUT2D eigenvalue weighted by molar-refractivity contribution is 5.93. The summed E-state index contributed by atoms with van der Waals surface area (Å²) in [4.78, 5) is 16.3. The van der Waals surface area contributed by atoms with Crippen molar-refractivity contribution in [2.45, 2.75) is 20.3 Å². The first-order valence-corrected chi connectivity index (χ1v) is 8.17. The molecule has 0 fully saturated rings. The molecule has 2 N–H and O–H groups in total. The van der Waals surface area contributed by atoms with E-state index in [1.807, 2.05) is 19.9 Å². The normalized spacial score (nSPS) is 10.8. The van der Waals surface area contributed by atoms with Crippen LogP contribution in [0.5, 0.6) is 0 Å². The van der Waals surface area contributed by atoms with Crippen LogP contribution < -0.4 is 10.6 Å². The number of benzene rings is 1. The number of aryl methyl sites for hydroxylation is 2. The van der Waals surface area contributed by atoms with Crippen LogP contribution in [0.15, 0.2) is 41.0 Å². The van der Waals surface area contributed by atoms with E-state index in [4.69, 9.17) is 4.42 Å². The number of carbonyl (C=O) groups is 1. The third kappa shape index (κ3) is 3.96. The van der Waals surface area contributed by atoms with Gasteiger partial charge in [-0.05, 0) is 50.6 Å². The number of pyridine rings is 1. The van der Waals surface area contributed by atoms with E-state index in [0.717, 1.165) is 34.3 Å². The van der Waals surface area contributed by atoms with Crippen molar-refractivity contribution in [3.8, 4) is 0 Å². The third-order valence-corrected chi connectivity index (χ3v) is 3.92. The fraction of sp³-hybridized carbons (Fsp3) is 0.263. The van der Waals surface area contributed by atoms with Crippen LogP contribution in [0.25, 0.3) is 10.9 Å². The number of nitrogens with one attached hydrogen (secondary N) is 2. The number of hydrogen-bond acceptors (Lipinski definition) is 4. The van der Waals surface area contributed by atoms with E-state index in [2.05, 4.69) is 15.6 Å². The Bertz CT molecular complexity index is 905. The quantitative estimate of drug-likeness (QED) is 0.669. The lowest BCUT2D eigenvalue weighted by Gasteiger charge is -2.11. The van der Waals surface area contributed by atoms with Crippen LogP contribution in [0.3, 0.4) is 0 Å². The Morgan fingerprint density at radius 3 is 2.80 bits per heavy atom. The van der Waals surface area contributed by atoms with E-state index < -0.39 is 0 Å². The number of halogens is 1. The molecular weight excluding hydrogens is 321 g/mol. The van der Waals surface area contributed by atoms with E-state index in [-0.39, 0.29) is 11.7 Å². The van der Waals surface area contributed by atoms with Gasteiger partial charge in [-0.1, -0.05) is 0 Å². The van der Waals surface area contributed by atoms with Gasteiger partial charge < -0.3 is 15.1 Å². The molecule has 130 valence electrons. The third-order valence-electron chi connectivity index (χ3n) is 3.92. The molecule has 0 bridgehead atoms. The molecule has 0 saturated carbocycles. The number of hydrogen-bond donors (Lipinski definition) is 2. The number of fused-ring (bicyclic) bond motifs is 1. The number of aromatic nitrogens is 1. The van der Waals surface area contributed by atoms with Crippen molar-refractivity contribution < 1.29 is 13.6 Å². The van der Waals surface area contributed by atoms with Gasteiger partial charge in [0.1, 0.15) is 5.82 Å². The molecule has 2 aromatic heterocycles. The van der Waals surface area contributed by atoms with Crippen LogP contribution >= 0.6 is 0 Å². The van der Waals surface area contributed by atoms with E-state index in [9.17, 15) is 9.18 Å². The number of nitrogens with zero attached hydrogens (tertiary/aromatic N) is 1. The average molecular weight is 341 g/mol. The molecule has 3 aromatic rings. The van der Waals surface area contributed by atoms with Crippen LogP contribution in [0.4, 0.5) is 10.1 Å². The van der Waals surface area contributed by atoms with Gasteiger partial charge in [0.15, 0.2) is 5.76 Å². The minimum Gasteiger partial charge on any atom is -0.459 e. The summed E-state index contributed by atoms with van der Waals surface area (Å²) in [5.41, 5.74) is 3.28. The van der Waals surface area contributed by atoms with Gasteiger partial charge >= 0.3 is 0 Å². The molecule has 2 heterocycles. The molecule has 25 heavy (non-hydrogen) atoms. The zero-order valence-electron chi connectivity index (χ0n) is 14.2. The monoisotopic (exact) mass is 341 g/mol. The standard InChI is InChI=1S/C19H20FN3O2/c1-12-6-9-25-18(12)19(24)22-8-3-7-21-17-10-13(2)23-16-5-4-14(20)11-15(16)17/h4-6,9-11H,3,7-8H2,1-2H3,(H,21,23)(H,22,24). The summed E-state index contributed by atoms with van der Waals surface area (Å²) in [5.74, 6) is -0.156. The Kier molecular flexibility index (Phi) is 4.97. The second-order valence-electron chi connectivity index (χ2n) is 5.94.